The maximum absolute atomic E-state index is 12.3. The van der Waals surface area contributed by atoms with Crippen LogP contribution >= 0.6 is 23.1 Å². The third kappa shape index (κ3) is 4.64. The van der Waals surface area contributed by atoms with Crippen LogP contribution < -0.4 is 10.9 Å². The first kappa shape index (κ1) is 20.0. The van der Waals surface area contributed by atoms with Crippen LogP contribution in [-0.4, -0.2) is 21.2 Å². The Hall–Kier alpha value is -3.30. The van der Waals surface area contributed by atoms with Gasteiger partial charge in [0.2, 0.25) is 5.91 Å². The van der Waals surface area contributed by atoms with Crippen LogP contribution in [0.5, 0.6) is 0 Å². The first-order valence-corrected chi connectivity index (χ1v) is 10.9. The monoisotopic (exact) mass is 435 g/mol. The lowest BCUT2D eigenvalue weighted by atomic mass is 10.3. The number of hydrogen-bond donors (Lipinski definition) is 1. The Bertz CT molecular complexity index is 1260. The van der Waals surface area contributed by atoms with Crippen LogP contribution in [0.4, 0.5) is 17.1 Å². The Labute approximate surface area is 180 Å². The highest BCUT2D eigenvalue weighted by molar-refractivity contribution is 7.99. The number of thioether (sulfide) groups is 1. The van der Waals surface area contributed by atoms with Gasteiger partial charge in [-0.25, -0.2) is 4.98 Å². The van der Waals surface area contributed by atoms with Gasteiger partial charge in [0.15, 0.2) is 5.16 Å². The molecule has 0 aliphatic rings. The molecule has 2 aromatic heterocycles. The summed E-state index contributed by atoms with van der Waals surface area (Å²) in [5, 5.41) is 13.5. The Balaban J connectivity index is 1.36. The van der Waals surface area contributed by atoms with Crippen molar-refractivity contribution in [2.45, 2.75) is 5.16 Å². The van der Waals surface area contributed by atoms with Crippen molar-refractivity contribution in [3.63, 3.8) is 0 Å². The largest absolute Gasteiger partial charge is 0.325 e. The molecule has 0 saturated heterocycles. The van der Waals surface area contributed by atoms with Gasteiger partial charge in [-0.3, -0.25) is 14.2 Å². The van der Waals surface area contributed by atoms with Crippen LogP contribution in [0.1, 0.15) is 0 Å². The summed E-state index contributed by atoms with van der Waals surface area (Å²) in [5.41, 5.74) is 2.68. The number of anilines is 1. The molecule has 0 atom stereocenters. The normalized spacial score (nSPS) is 11.2. The van der Waals surface area contributed by atoms with E-state index < -0.39 is 0 Å². The summed E-state index contributed by atoms with van der Waals surface area (Å²) < 4.78 is 2.10. The van der Waals surface area contributed by atoms with E-state index in [0.717, 1.165) is 5.69 Å². The number of amides is 1. The molecule has 2 heterocycles. The van der Waals surface area contributed by atoms with E-state index in [-0.39, 0.29) is 17.2 Å². The number of fused-ring (bicyclic) bond motifs is 1. The van der Waals surface area contributed by atoms with Gasteiger partial charge in [-0.1, -0.05) is 30.0 Å². The highest BCUT2D eigenvalue weighted by atomic mass is 32.2. The number of hydrogen-bond acceptors (Lipinski definition) is 7. The summed E-state index contributed by atoms with van der Waals surface area (Å²) in [4.78, 5) is 29.1. The van der Waals surface area contributed by atoms with Crippen molar-refractivity contribution in [2.24, 2.45) is 17.3 Å². The Morgan fingerprint density at radius 2 is 1.77 bits per heavy atom. The topological polar surface area (TPSA) is 88.7 Å². The SMILES string of the molecule is Cn1c(SCC(=O)Nc2ccc(N=Nc3ccccc3)cc2)nc2ccsc2c1=O. The molecule has 2 aromatic carbocycles. The third-order valence-electron chi connectivity index (χ3n) is 4.17. The van der Waals surface area contributed by atoms with Crippen LogP contribution in [-0.2, 0) is 11.8 Å². The van der Waals surface area contributed by atoms with E-state index in [1.54, 1.807) is 31.3 Å². The number of aromatic nitrogens is 2. The molecule has 4 rings (SSSR count). The van der Waals surface area contributed by atoms with Crippen LogP contribution in [0.15, 0.2) is 86.2 Å². The number of carbonyl (C=O) groups excluding carboxylic acids is 1. The molecule has 0 unspecified atom stereocenters. The van der Waals surface area contributed by atoms with E-state index in [4.69, 9.17) is 0 Å². The molecule has 0 fully saturated rings. The highest BCUT2D eigenvalue weighted by Crippen LogP contribution is 2.22. The summed E-state index contributed by atoms with van der Waals surface area (Å²) in [5.74, 6) is -0.0379. The fraction of sp³-hybridized carbons (Fsp3) is 0.0952. The fourth-order valence-electron chi connectivity index (χ4n) is 2.65. The summed E-state index contributed by atoms with van der Waals surface area (Å²) >= 11 is 2.59. The van der Waals surface area contributed by atoms with Gasteiger partial charge in [0.05, 0.1) is 22.6 Å². The fourth-order valence-corrected chi connectivity index (χ4v) is 4.22. The summed E-state index contributed by atoms with van der Waals surface area (Å²) in [6, 6.07) is 18.4. The number of nitrogens with zero attached hydrogens (tertiary/aromatic N) is 4. The lowest BCUT2D eigenvalue weighted by Crippen LogP contribution is -2.20. The number of benzene rings is 2. The minimum Gasteiger partial charge on any atom is -0.325 e. The first-order valence-electron chi connectivity index (χ1n) is 9.04. The predicted octanol–water partition coefficient (Wildman–Crippen LogP) is 5.14. The quantitative estimate of drug-likeness (QED) is 0.258. The van der Waals surface area contributed by atoms with Crippen molar-refractivity contribution in [3.05, 3.63) is 76.4 Å². The maximum Gasteiger partial charge on any atom is 0.271 e. The van der Waals surface area contributed by atoms with Gasteiger partial charge < -0.3 is 5.32 Å². The van der Waals surface area contributed by atoms with Crippen molar-refractivity contribution in [2.75, 3.05) is 11.1 Å². The molecule has 9 heteroatoms. The van der Waals surface area contributed by atoms with Crippen LogP contribution in [0, 0.1) is 0 Å². The molecular formula is C21H17N5O2S2. The molecule has 0 aliphatic heterocycles. The molecule has 0 spiro atoms. The van der Waals surface area contributed by atoms with E-state index in [2.05, 4.69) is 20.5 Å². The standard InChI is InChI=1S/C21H17N5O2S2/c1-26-20(28)19-17(11-12-29-19)23-21(26)30-13-18(27)22-14-7-9-16(10-8-14)25-24-15-5-3-2-4-6-15/h2-12H,13H2,1H3,(H,22,27). The van der Waals surface area contributed by atoms with Crippen LogP contribution in [0.3, 0.4) is 0 Å². The molecule has 0 aliphatic carbocycles. The molecule has 30 heavy (non-hydrogen) atoms. The Morgan fingerprint density at radius 3 is 2.50 bits per heavy atom. The number of thiophene rings is 1. The molecule has 1 N–H and O–H groups in total. The van der Waals surface area contributed by atoms with Crippen molar-refractivity contribution in [1.29, 1.82) is 0 Å². The zero-order valence-electron chi connectivity index (χ0n) is 16.0. The lowest BCUT2D eigenvalue weighted by Gasteiger charge is -2.08. The lowest BCUT2D eigenvalue weighted by molar-refractivity contribution is -0.113. The average Bonchev–Trinajstić information content (AvgIpc) is 3.24. The summed E-state index contributed by atoms with van der Waals surface area (Å²) in [6.45, 7) is 0. The van der Waals surface area contributed by atoms with Gasteiger partial charge in [-0.15, -0.1) is 11.3 Å². The molecule has 1 amide bonds. The highest BCUT2D eigenvalue weighted by Gasteiger charge is 2.12. The second-order valence-corrected chi connectivity index (χ2v) is 8.17. The summed E-state index contributed by atoms with van der Waals surface area (Å²) in [6.07, 6.45) is 0. The smallest absolute Gasteiger partial charge is 0.271 e. The number of nitrogens with one attached hydrogen (secondary N) is 1. The molecule has 0 saturated carbocycles. The van der Waals surface area contributed by atoms with Crippen molar-refractivity contribution in [3.8, 4) is 0 Å². The van der Waals surface area contributed by atoms with E-state index in [1.165, 1.54) is 27.7 Å². The van der Waals surface area contributed by atoms with Crippen LogP contribution in [0.25, 0.3) is 10.2 Å². The van der Waals surface area contributed by atoms with Crippen molar-refractivity contribution >= 4 is 56.3 Å². The van der Waals surface area contributed by atoms with E-state index in [1.807, 2.05) is 41.8 Å². The third-order valence-corrected chi connectivity index (χ3v) is 6.09. The Kier molecular flexibility index (Phi) is 6.01. The summed E-state index contributed by atoms with van der Waals surface area (Å²) in [7, 11) is 1.66. The van der Waals surface area contributed by atoms with Gasteiger partial charge in [0.1, 0.15) is 4.70 Å². The molecule has 4 aromatic rings. The van der Waals surface area contributed by atoms with E-state index in [9.17, 15) is 9.59 Å². The Morgan fingerprint density at radius 1 is 1.07 bits per heavy atom. The molecule has 0 bridgehead atoms. The molecule has 7 nitrogen and oxygen atoms in total. The van der Waals surface area contributed by atoms with E-state index in [0.29, 0.717) is 26.7 Å². The van der Waals surface area contributed by atoms with Gasteiger partial charge in [-0.05, 0) is 47.8 Å². The molecule has 0 radical (unpaired) electrons. The maximum atomic E-state index is 12.3. The van der Waals surface area contributed by atoms with Crippen molar-refractivity contribution < 1.29 is 4.79 Å². The minimum absolute atomic E-state index is 0.0989. The zero-order chi connectivity index (χ0) is 20.9. The van der Waals surface area contributed by atoms with E-state index >= 15 is 0 Å². The van der Waals surface area contributed by atoms with Gasteiger partial charge in [0, 0.05) is 12.7 Å². The van der Waals surface area contributed by atoms with Gasteiger partial charge in [0.25, 0.3) is 5.56 Å². The molecule has 150 valence electrons. The second kappa shape index (κ2) is 9.02. The molecular weight excluding hydrogens is 418 g/mol. The predicted molar refractivity (Wildman–Crippen MR) is 121 cm³/mol. The number of carbonyl (C=O) groups is 1. The number of rotatable bonds is 6. The number of azo groups is 1. The average molecular weight is 436 g/mol. The van der Waals surface area contributed by atoms with Crippen LogP contribution in [0.2, 0.25) is 0 Å². The zero-order valence-corrected chi connectivity index (χ0v) is 17.6. The second-order valence-electron chi connectivity index (χ2n) is 6.31. The van der Waals surface area contributed by atoms with Gasteiger partial charge in [-0.2, -0.15) is 10.2 Å². The van der Waals surface area contributed by atoms with Crippen molar-refractivity contribution in [1.82, 2.24) is 9.55 Å². The van der Waals surface area contributed by atoms with Gasteiger partial charge >= 0.3 is 0 Å². The first-order chi connectivity index (χ1) is 14.6. The minimum atomic E-state index is -0.182.